The summed E-state index contributed by atoms with van der Waals surface area (Å²) in [4.78, 5) is 21.7. The number of nitrogens with two attached hydrogens (primary N) is 1. The first-order chi connectivity index (χ1) is 15.0. The second-order valence-electron chi connectivity index (χ2n) is 7.72. The first kappa shape index (κ1) is 22.0. The van der Waals surface area contributed by atoms with Crippen LogP contribution in [0.3, 0.4) is 0 Å². The lowest BCUT2D eigenvalue weighted by Crippen LogP contribution is -2.25. The van der Waals surface area contributed by atoms with E-state index in [4.69, 9.17) is 15.5 Å². The van der Waals surface area contributed by atoms with E-state index in [9.17, 15) is 0 Å². The molecule has 0 saturated carbocycles. The van der Waals surface area contributed by atoms with Crippen LogP contribution in [0.2, 0.25) is 0 Å². The van der Waals surface area contributed by atoms with Crippen molar-refractivity contribution in [2.75, 3.05) is 32.0 Å². The molecular weight excluding hydrogens is 428 g/mol. The van der Waals surface area contributed by atoms with Crippen LogP contribution in [0.4, 0.5) is 5.82 Å². The summed E-state index contributed by atoms with van der Waals surface area (Å²) in [6.07, 6.45) is 4.37. The van der Waals surface area contributed by atoms with E-state index in [1.165, 1.54) is 30.8 Å². The second-order valence-corrected chi connectivity index (χ2v) is 10.2. The van der Waals surface area contributed by atoms with Gasteiger partial charge in [-0.1, -0.05) is 11.8 Å². The highest BCUT2D eigenvalue weighted by Gasteiger charge is 2.19. The fraction of sp³-hybridized carbons (Fsp3) is 0.455. The Morgan fingerprint density at radius 2 is 2.00 bits per heavy atom. The van der Waals surface area contributed by atoms with Gasteiger partial charge in [-0.15, -0.1) is 11.3 Å². The summed E-state index contributed by atoms with van der Waals surface area (Å²) in [5.41, 5.74) is 8.81. The van der Waals surface area contributed by atoms with Crippen molar-refractivity contribution in [3.05, 3.63) is 40.7 Å². The van der Waals surface area contributed by atoms with Crippen LogP contribution in [-0.2, 0) is 0 Å². The number of ether oxygens (including phenoxy) is 1. The van der Waals surface area contributed by atoms with Crippen LogP contribution in [0, 0.1) is 13.8 Å². The fourth-order valence-electron chi connectivity index (χ4n) is 3.65. The summed E-state index contributed by atoms with van der Waals surface area (Å²) in [5, 5.41) is 1.76. The third kappa shape index (κ3) is 5.72. The van der Waals surface area contributed by atoms with Crippen molar-refractivity contribution < 1.29 is 4.74 Å². The van der Waals surface area contributed by atoms with Crippen molar-refractivity contribution in [2.24, 2.45) is 0 Å². The number of nitrogens with zero attached hydrogens (tertiary/aromatic N) is 5. The Hall–Kier alpha value is -2.23. The Morgan fingerprint density at radius 3 is 2.77 bits per heavy atom. The SMILES string of the molecule is Cc1cc(N)nc(S[C@H](C)c2nc(-c3ccnc(OCCN4CCCC4)c3)sc2C)n1. The number of thiazole rings is 1. The zero-order chi connectivity index (χ0) is 21.8. The largest absolute Gasteiger partial charge is 0.476 e. The summed E-state index contributed by atoms with van der Waals surface area (Å²) < 4.78 is 5.91. The topological polar surface area (TPSA) is 90.0 Å². The third-order valence-corrected chi connectivity index (χ3v) is 7.20. The Balaban J connectivity index is 1.43. The van der Waals surface area contributed by atoms with E-state index >= 15 is 0 Å². The molecule has 0 bridgehead atoms. The number of thioether (sulfide) groups is 1. The lowest BCUT2D eigenvalue weighted by Gasteiger charge is -2.14. The molecule has 3 aromatic heterocycles. The van der Waals surface area contributed by atoms with Crippen LogP contribution < -0.4 is 10.5 Å². The lowest BCUT2D eigenvalue weighted by atomic mass is 10.2. The normalized spacial score (nSPS) is 15.3. The molecule has 0 radical (unpaired) electrons. The number of rotatable bonds is 8. The number of aryl methyl sites for hydroxylation is 2. The number of hydrogen-bond donors (Lipinski definition) is 1. The maximum atomic E-state index is 5.91. The van der Waals surface area contributed by atoms with Gasteiger partial charge in [0.25, 0.3) is 0 Å². The third-order valence-electron chi connectivity index (χ3n) is 5.19. The van der Waals surface area contributed by atoms with Crippen LogP contribution >= 0.6 is 23.1 Å². The van der Waals surface area contributed by atoms with Gasteiger partial charge in [-0.25, -0.2) is 19.9 Å². The van der Waals surface area contributed by atoms with E-state index in [1.54, 1.807) is 35.4 Å². The molecule has 2 N–H and O–H groups in total. The van der Waals surface area contributed by atoms with Gasteiger partial charge in [0, 0.05) is 41.0 Å². The summed E-state index contributed by atoms with van der Waals surface area (Å²) in [6, 6.07) is 5.74. The number of pyridine rings is 1. The van der Waals surface area contributed by atoms with Crippen LogP contribution in [0.25, 0.3) is 10.6 Å². The van der Waals surface area contributed by atoms with Crippen molar-refractivity contribution in [1.29, 1.82) is 0 Å². The van der Waals surface area contributed by atoms with E-state index in [2.05, 4.69) is 33.7 Å². The highest BCUT2D eigenvalue weighted by atomic mass is 32.2. The molecule has 0 aliphatic carbocycles. The monoisotopic (exact) mass is 456 g/mol. The van der Waals surface area contributed by atoms with Crippen molar-refractivity contribution in [3.63, 3.8) is 0 Å². The molecule has 1 atom stereocenters. The molecule has 1 aliphatic heterocycles. The van der Waals surface area contributed by atoms with Gasteiger partial charge >= 0.3 is 0 Å². The van der Waals surface area contributed by atoms with E-state index in [0.717, 1.165) is 28.5 Å². The maximum Gasteiger partial charge on any atom is 0.213 e. The summed E-state index contributed by atoms with van der Waals surface area (Å²) >= 11 is 3.26. The van der Waals surface area contributed by atoms with E-state index in [1.807, 2.05) is 19.1 Å². The quantitative estimate of drug-likeness (QED) is 0.391. The Bertz CT molecular complexity index is 1010. The van der Waals surface area contributed by atoms with Crippen LogP contribution in [0.1, 0.15) is 41.3 Å². The van der Waals surface area contributed by atoms with Crippen molar-refractivity contribution in [1.82, 2.24) is 24.8 Å². The standard InChI is InChI=1S/C22H28N6OS2/c1-14-12-18(23)26-22(25-14)31-16(3)20-15(2)30-21(27-20)17-6-7-24-19(13-17)29-11-10-28-8-4-5-9-28/h6-7,12-13,16H,4-5,8-11H2,1-3H3,(H2,23,25,26)/t16-/m1/s1. The number of nitrogen functional groups attached to an aromatic ring is 1. The number of aromatic nitrogens is 4. The molecule has 9 heteroatoms. The van der Waals surface area contributed by atoms with Gasteiger partial charge in [0.1, 0.15) is 17.4 Å². The van der Waals surface area contributed by atoms with Gasteiger partial charge in [-0.3, -0.25) is 4.90 Å². The first-order valence-electron chi connectivity index (χ1n) is 10.5. The van der Waals surface area contributed by atoms with Gasteiger partial charge in [0.2, 0.25) is 5.88 Å². The number of likely N-dealkylation sites (tertiary alicyclic amines) is 1. The molecule has 0 unspecified atom stereocenters. The predicted octanol–water partition coefficient (Wildman–Crippen LogP) is 4.52. The van der Waals surface area contributed by atoms with E-state index < -0.39 is 0 Å². The molecule has 7 nitrogen and oxygen atoms in total. The smallest absolute Gasteiger partial charge is 0.213 e. The number of anilines is 1. The maximum absolute atomic E-state index is 5.91. The van der Waals surface area contributed by atoms with Crippen LogP contribution in [0.15, 0.2) is 29.6 Å². The van der Waals surface area contributed by atoms with Gasteiger partial charge in [-0.05, 0) is 52.8 Å². The average molecular weight is 457 g/mol. The molecule has 4 heterocycles. The van der Waals surface area contributed by atoms with Gasteiger partial charge < -0.3 is 10.5 Å². The number of hydrogen-bond acceptors (Lipinski definition) is 9. The Labute approximate surface area is 191 Å². The molecule has 0 amide bonds. The van der Waals surface area contributed by atoms with Crippen molar-refractivity contribution in [2.45, 2.75) is 44.0 Å². The van der Waals surface area contributed by atoms with E-state index in [-0.39, 0.29) is 5.25 Å². The average Bonchev–Trinajstić information content (AvgIpc) is 3.37. The van der Waals surface area contributed by atoms with Crippen LogP contribution in [0.5, 0.6) is 5.88 Å². The minimum Gasteiger partial charge on any atom is -0.476 e. The summed E-state index contributed by atoms with van der Waals surface area (Å²) in [5.74, 6) is 1.14. The highest BCUT2D eigenvalue weighted by Crippen LogP contribution is 2.38. The van der Waals surface area contributed by atoms with Gasteiger partial charge in [0.15, 0.2) is 5.16 Å². The minimum absolute atomic E-state index is 0.115. The minimum atomic E-state index is 0.115. The van der Waals surface area contributed by atoms with Crippen LogP contribution in [-0.4, -0.2) is 51.1 Å². The molecule has 1 aliphatic rings. The first-order valence-corrected chi connectivity index (χ1v) is 12.2. The molecule has 0 aromatic carbocycles. The van der Waals surface area contributed by atoms with Gasteiger partial charge in [-0.2, -0.15) is 0 Å². The Morgan fingerprint density at radius 1 is 1.19 bits per heavy atom. The Kier molecular flexibility index (Phi) is 7.04. The zero-order valence-corrected chi connectivity index (χ0v) is 19.8. The summed E-state index contributed by atoms with van der Waals surface area (Å²) in [7, 11) is 0. The van der Waals surface area contributed by atoms with Gasteiger partial charge in [0.05, 0.1) is 10.9 Å². The van der Waals surface area contributed by atoms with Crippen molar-refractivity contribution >= 4 is 28.9 Å². The molecule has 4 rings (SSSR count). The predicted molar refractivity (Wildman–Crippen MR) is 127 cm³/mol. The molecule has 3 aromatic rings. The highest BCUT2D eigenvalue weighted by molar-refractivity contribution is 7.99. The van der Waals surface area contributed by atoms with Crippen molar-refractivity contribution in [3.8, 4) is 16.5 Å². The molecular formula is C22H28N6OS2. The molecule has 31 heavy (non-hydrogen) atoms. The molecule has 1 fully saturated rings. The molecule has 0 spiro atoms. The lowest BCUT2D eigenvalue weighted by molar-refractivity contribution is 0.232. The molecule has 164 valence electrons. The second kappa shape index (κ2) is 9.93. The molecule has 1 saturated heterocycles. The fourth-order valence-corrected chi connectivity index (χ4v) is 5.74. The zero-order valence-electron chi connectivity index (χ0n) is 18.2. The summed E-state index contributed by atoms with van der Waals surface area (Å²) in [6.45, 7) is 10.1. The van der Waals surface area contributed by atoms with E-state index in [0.29, 0.717) is 23.5 Å².